The molecule has 0 atom stereocenters. The van der Waals surface area contributed by atoms with E-state index in [1.54, 1.807) is 18.2 Å². The van der Waals surface area contributed by atoms with E-state index in [9.17, 15) is 4.79 Å². The number of rotatable bonds is 2. The predicted octanol–water partition coefficient (Wildman–Crippen LogP) is 2.53. The van der Waals surface area contributed by atoms with Crippen LogP contribution in [0.5, 0.6) is 0 Å². The van der Waals surface area contributed by atoms with Crippen LogP contribution in [-0.4, -0.2) is 19.0 Å². The number of anilines is 1. The molecule has 3 nitrogen and oxygen atoms in total. The number of ketones is 1. The lowest BCUT2D eigenvalue weighted by Crippen LogP contribution is -2.24. The van der Waals surface area contributed by atoms with Gasteiger partial charge in [0, 0.05) is 35.4 Å². The molecule has 0 unspecified atom stereocenters. The van der Waals surface area contributed by atoms with Crippen LogP contribution in [0.2, 0.25) is 5.02 Å². The van der Waals surface area contributed by atoms with Gasteiger partial charge < -0.3 is 10.5 Å². The fraction of sp³-hybridized carbons (Fsp3) is 0.417. The quantitative estimate of drug-likeness (QED) is 0.637. The Bertz CT molecular complexity index is 400. The van der Waals surface area contributed by atoms with Gasteiger partial charge >= 0.3 is 0 Å². The van der Waals surface area contributed by atoms with Gasteiger partial charge in [-0.05, 0) is 31.0 Å². The normalized spacial score (nSPS) is 17.3. The molecule has 0 aliphatic carbocycles. The largest absolute Gasteiger partial charge is 0.398 e. The molecule has 0 bridgehead atoms. The zero-order chi connectivity index (χ0) is 11.5. The topological polar surface area (TPSA) is 52.3 Å². The van der Waals surface area contributed by atoms with Gasteiger partial charge in [0.15, 0.2) is 5.78 Å². The molecule has 1 fully saturated rings. The molecule has 16 heavy (non-hydrogen) atoms. The van der Waals surface area contributed by atoms with Gasteiger partial charge in [0.05, 0.1) is 0 Å². The molecule has 2 N–H and O–H groups in total. The Morgan fingerprint density at radius 3 is 2.69 bits per heavy atom. The summed E-state index contributed by atoms with van der Waals surface area (Å²) in [5.41, 5.74) is 6.83. The summed E-state index contributed by atoms with van der Waals surface area (Å²) in [6, 6.07) is 5.02. The first-order chi connectivity index (χ1) is 7.68. The summed E-state index contributed by atoms with van der Waals surface area (Å²) >= 11 is 5.80. The fourth-order valence-electron chi connectivity index (χ4n) is 1.94. The Labute approximate surface area is 99.5 Å². The molecule has 2 rings (SSSR count). The van der Waals surface area contributed by atoms with Gasteiger partial charge in [0.25, 0.3) is 0 Å². The number of Topliss-reactive ketones (excluding diaryl/α,β-unsaturated/α-hetero) is 1. The van der Waals surface area contributed by atoms with Gasteiger partial charge in [0.1, 0.15) is 0 Å². The van der Waals surface area contributed by atoms with E-state index in [1.165, 1.54) is 0 Å². The van der Waals surface area contributed by atoms with Crippen molar-refractivity contribution < 1.29 is 9.53 Å². The standard InChI is InChI=1S/C12H14ClNO2/c13-9-1-2-10(11(14)7-9)12(15)8-3-5-16-6-4-8/h1-2,7-8H,3-6,14H2. The minimum absolute atomic E-state index is 0.0391. The first-order valence-electron chi connectivity index (χ1n) is 5.35. The Balaban J connectivity index is 2.19. The first kappa shape index (κ1) is 11.4. The minimum Gasteiger partial charge on any atom is -0.398 e. The lowest BCUT2D eigenvalue weighted by Gasteiger charge is -2.21. The number of nitrogen functional groups attached to an aromatic ring is 1. The van der Waals surface area contributed by atoms with Crippen LogP contribution in [-0.2, 0) is 4.74 Å². The second kappa shape index (κ2) is 4.85. The van der Waals surface area contributed by atoms with E-state index in [4.69, 9.17) is 22.1 Å². The second-order valence-corrected chi connectivity index (χ2v) is 4.42. The zero-order valence-electron chi connectivity index (χ0n) is 8.91. The van der Waals surface area contributed by atoms with Crippen molar-refractivity contribution in [3.8, 4) is 0 Å². The van der Waals surface area contributed by atoms with Gasteiger partial charge in [-0.25, -0.2) is 0 Å². The highest BCUT2D eigenvalue weighted by atomic mass is 35.5. The number of carbonyl (C=O) groups is 1. The summed E-state index contributed by atoms with van der Waals surface area (Å²) in [5, 5.41) is 0.557. The molecular weight excluding hydrogens is 226 g/mol. The molecule has 1 aromatic rings. The molecule has 0 saturated carbocycles. The highest BCUT2D eigenvalue weighted by molar-refractivity contribution is 6.31. The van der Waals surface area contributed by atoms with Crippen LogP contribution in [0, 0.1) is 5.92 Å². The summed E-state index contributed by atoms with van der Waals surface area (Å²) in [5.74, 6) is 0.148. The van der Waals surface area contributed by atoms with Crippen molar-refractivity contribution in [3.63, 3.8) is 0 Å². The average molecular weight is 240 g/mol. The van der Waals surface area contributed by atoms with Gasteiger partial charge in [-0.15, -0.1) is 0 Å². The SMILES string of the molecule is Nc1cc(Cl)ccc1C(=O)C1CCOCC1. The summed E-state index contributed by atoms with van der Waals surface area (Å²) in [4.78, 5) is 12.2. The molecule has 0 aromatic heterocycles. The minimum atomic E-state index is 0.0391. The molecule has 1 aromatic carbocycles. The maximum absolute atomic E-state index is 12.2. The van der Waals surface area contributed by atoms with Crippen LogP contribution in [0.15, 0.2) is 18.2 Å². The van der Waals surface area contributed by atoms with Crippen molar-refractivity contribution in [1.82, 2.24) is 0 Å². The van der Waals surface area contributed by atoms with E-state index in [-0.39, 0.29) is 11.7 Å². The van der Waals surface area contributed by atoms with Gasteiger partial charge in [-0.1, -0.05) is 11.6 Å². The number of benzene rings is 1. The van der Waals surface area contributed by atoms with Gasteiger partial charge in [0.2, 0.25) is 0 Å². The van der Waals surface area contributed by atoms with Gasteiger partial charge in [-0.3, -0.25) is 4.79 Å². The summed E-state index contributed by atoms with van der Waals surface area (Å²) < 4.78 is 5.23. The lowest BCUT2D eigenvalue weighted by atomic mass is 9.90. The molecule has 1 aliphatic rings. The fourth-order valence-corrected chi connectivity index (χ4v) is 2.12. The van der Waals surface area contributed by atoms with E-state index in [2.05, 4.69) is 0 Å². The van der Waals surface area contributed by atoms with Crippen LogP contribution in [0.3, 0.4) is 0 Å². The number of hydrogen-bond donors (Lipinski definition) is 1. The number of halogens is 1. The Kier molecular flexibility index (Phi) is 3.46. The van der Waals surface area contributed by atoms with Crippen LogP contribution in [0.1, 0.15) is 23.2 Å². The van der Waals surface area contributed by atoms with Crippen molar-refractivity contribution in [3.05, 3.63) is 28.8 Å². The van der Waals surface area contributed by atoms with Crippen LogP contribution in [0.25, 0.3) is 0 Å². The van der Waals surface area contributed by atoms with Crippen LogP contribution >= 0.6 is 11.6 Å². The second-order valence-electron chi connectivity index (χ2n) is 3.98. The third-order valence-corrected chi connectivity index (χ3v) is 3.11. The monoisotopic (exact) mass is 239 g/mol. The smallest absolute Gasteiger partial charge is 0.168 e. The predicted molar refractivity (Wildman–Crippen MR) is 63.7 cm³/mol. The maximum Gasteiger partial charge on any atom is 0.168 e. The molecule has 4 heteroatoms. The number of carbonyl (C=O) groups excluding carboxylic acids is 1. The van der Waals surface area contributed by atoms with E-state index in [0.29, 0.717) is 29.5 Å². The lowest BCUT2D eigenvalue weighted by molar-refractivity contribution is 0.0545. The molecule has 1 saturated heterocycles. The molecule has 0 amide bonds. The van der Waals surface area contributed by atoms with E-state index in [1.807, 2.05) is 0 Å². The number of hydrogen-bond acceptors (Lipinski definition) is 3. The van der Waals surface area contributed by atoms with Crippen LogP contribution in [0.4, 0.5) is 5.69 Å². The molecule has 0 spiro atoms. The molecular formula is C12H14ClNO2. The Morgan fingerprint density at radius 1 is 1.38 bits per heavy atom. The Hall–Kier alpha value is -1.06. The van der Waals surface area contributed by atoms with Crippen LogP contribution < -0.4 is 5.73 Å². The number of nitrogens with two attached hydrogens (primary N) is 1. The van der Waals surface area contributed by atoms with Crippen molar-refractivity contribution >= 4 is 23.1 Å². The van der Waals surface area contributed by atoms with E-state index in [0.717, 1.165) is 12.8 Å². The van der Waals surface area contributed by atoms with Crippen molar-refractivity contribution in [1.29, 1.82) is 0 Å². The highest BCUT2D eigenvalue weighted by Crippen LogP contribution is 2.25. The average Bonchev–Trinajstić information content (AvgIpc) is 2.29. The molecule has 1 heterocycles. The maximum atomic E-state index is 12.2. The van der Waals surface area contributed by atoms with Crippen molar-refractivity contribution in [2.24, 2.45) is 5.92 Å². The summed E-state index contributed by atoms with van der Waals surface area (Å²) in [7, 11) is 0. The molecule has 1 aliphatic heterocycles. The third-order valence-electron chi connectivity index (χ3n) is 2.87. The van der Waals surface area contributed by atoms with E-state index >= 15 is 0 Å². The summed E-state index contributed by atoms with van der Waals surface area (Å²) in [6.45, 7) is 1.31. The van der Waals surface area contributed by atoms with Crippen molar-refractivity contribution in [2.45, 2.75) is 12.8 Å². The third kappa shape index (κ3) is 2.36. The number of ether oxygens (including phenoxy) is 1. The molecule has 86 valence electrons. The van der Waals surface area contributed by atoms with Crippen molar-refractivity contribution in [2.75, 3.05) is 18.9 Å². The highest BCUT2D eigenvalue weighted by Gasteiger charge is 2.24. The molecule has 0 radical (unpaired) electrons. The summed E-state index contributed by atoms with van der Waals surface area (Å²) in [6.07, 6.45) is 1.56. The van der Waals surface area contributed by atoms with Gasteiger partial charge in [-0.2, -0.15) is 0 Å². The van der Waals surface area contributed by atoms with E-state index < -0.39 is 0 Å². The first-order valence-corrected chi connectivity index (χ1v) is 5.73. The Morgan fingerprint density at radius 2 is 2.06 bits per heavy atom. The zero-order valence-corrected chi connectivity index (χ0v) is 9.67.